The van der Waals surface area contributed by atoms with Gasteiger partial charge in [0.25, 0.3) is 0 Å². The van der Waals surface area contributed by atoms with E-state index in [1.807, 2.05) is 6.92 Å². The summed E-state index contributed by atoms with van der Waals surface area (Å²) in [7, 11) is 0. The summed E-state index contributed by atoms with van der Waals surface area (Å²) in [6, 6.07) is 4.09. The number of nitrogens with two attached hydrogens (primary N) is 1. The van der Waals surface area contributed by atoms with Crippen LogP contribution in [0.15, 0.2) is 24.4 Å². The molecule has 0 aliphatic carbocycles. The molecule has 1 heterocycles. The molecule has 0 bridgehead atoms. The topological polar surface area (TPSA) is 67.6 Å². The molecule has 0 spiro atoms. The summed E-state index contributed by atoms with van der Waals surface area (Å²) in [6.45, 7) is 1.88. The Morgan fingerprint density at radius 3 is 2.93 bits per heavy atom. The van der Waals surface area contributed by atoms with Crippen molar-refractivity contribution in [2.45, 2.75) is 13.0 Å². The number of aryl methyl sites for hydroxylation is 1. The third-order valence-corrected chi connectivity index (χ3v) is 2.33. The fourth-order valence-corrected chi connectivity index (χ4v) is 1.47. The first-order valence-corrected chi connectivity index (χ1v) is 4.56. The molecule has 15 heavy (non-hydrogen) atoms. The summed E-state index contributed by atoms with van der Waals surface area (Å²) < 4.78 is 13.0. The molecule has 0 saturated carbocycles. The van der Waals surface area contributed by atoms with Crippen LogP contribution in [0.2, 0.25) is 0 Å². The maximum absolute atomic E-state index is 13.0. The van der Waals surface area contributed by atoms with Crippen LogP contribution in [0.4, 0.5) is 4.39 Å². The van der Waals surface area contributed by atoms with Crippen LogP contribution in [0.5, 0.6) is 0 Å². The van der Waals surface area contributed by atoms with Crippen LogP contribution in [-0.2, 0) is 0 Å². The van der Waals surface area contributed by atoms with Crippen molar-refractivity contribution in [3.63, 3.8) is 0 Å². The summed E-state index contributed by atoms with van der Waals surface area (Å²) in [5.41, 5.74) is 8.20. The number of nitrogens with one attached hydrogen (secondary N) is 1. The van der Waals surface area contributed by atoms with Gasteiger partial charge in [-0.3, -0.25) is 0 Å². The molecule has 1 aromatic carbocycles. The normalized spacial score (nSPS) is 12.7. The second-order valence-corrected chi connectivity index (χ2v) is 3.37. The number of hydrogen-bond acceptors (Lipinski definition) is 3. The van der Waals surface area contributed by atoms with Gasteiger partial charge < -0.3 is 5.73 Å². The molecule has 0 radical (unpaired) electrons. The zero-order chi connectivity index (χ0) is 10.8. The van der Waals surface area contributed by atoms with Crippen molar-refractivity contribution >= 4 is 0 Å². The Bertz CT molecular complexity index is 452. The van der Waals surface area contributed by atoms with E-state index in [2.05, 4.69) is 15.4 Å². The molecular weight excluding hydrogens is 195 g/mol. The molecule has 0 amide bonds. The number of hydrogen-bond donors (Lipinski definition) is 2. The lowest BCUT2D eigenvalue weighted by Gasteiger charge is -2.11. The lowest BCUT2D eigenvalue weighted by molar-refractivity contribution is 0.622. The Morgan fingerprint density at radius 2 is 2.27 bits per heavy atom. The van der Waals surface area contributed by atoms with Crippen LogP contribution >= 0.6 is 0 Å². The SMILES string of the molecule is Cc1ccc(F)cc1C(N)c1cn[nH]n1. The lowest BCUT2D eigenvalue weighted by Crippen LogP contribution is -2.14. The molecular formula is C10H11FN4. The number of halogens is 1. The van der Waals surface area contributed by atoms with Gasteiger partial charge >= 0.3 is 0 Å². The van der Waals surface area contributed by atoms with E-state index in [0.29, 0.717) is 5.69 Å². The van der Waals surface area contributed by atoms with Crippen LogP contribution in [0, 0.1) is 12.7 Å². The van der Waals surface area contributed by atoms with Crippen LogP contribution in [0.25, 0.3) is 0 Å². The second kappa shape index (κ2) is 3.78. The molecule has 1 unspecified atom stereocenters. The zero-order valence-corrected chi connectivity index (χ0v) is 8.24. The van der Waals surface area contributed by atoms with Crippen molar-refractivity contribution in [3.05, 3.63) is 47.0 Å². The maximum atomic E-state index is 13.0. The molecule has 1 atom stereocenters. The number of H-pyrrole nitrogens is 1. The van der Waals surface area contributed by atoms with E-state index in [1.165, 1.54) is 18.3 Å². The molecule has 78 valence electrons. The number of aromatic amines is 1. The van der Waals surface area contributed by atoms with Crippen molar-refractivity contribution < 1.29 is 4.39 Å². The Labute approximate surface area is 86.3 Å². The van der Waals surface area contributed by atoms with Gasteiger partial charge in [-0.15, -0.1) is 0 Å². The number of benzene rings is 1. The third-order valence-electron chi connectivity index (χ3n) is 2.33. The summed E-state index contributed by atoms with van der Waals surface area (Å²) in [5.74, 6) is -0.297. The monoisotopic (exact) mass is 206 g/mol. The van der Waals surface area contributed by atoms with E-state index in [9.17, 15) is 4.39 Å². The molecule has 5 heteroatoms. The van der Waals surface area contributed by atoms with Crippen molar-refractivity contribution in [1.82, 2.24) is 15.4 Å². The smallest absolute Gasteiger partial charge is 0.123 e. The van der Waals surface area contributed by atoms with Gasteiger partial charge in [-0.2, -0.15) is 15.4 Å². The predicted molar refractivity (Wildman–Crippen MR) is 53.6 cm³/mol. The highest BCUT2D eigenvalue weighted by Gasteiger charge is 2.14. The Hall–Kier alpha value is -1.75. The minimum absolute atomic E-state index is 0.297. The first-order valence-electron chi connectivity index (χ1n) is 4.56. The minimum Gasteiger partial charge on any atom is -0.319 e. The fourth-order valence-electron chi connectivity index (χ4n) is 1.47. The van der Waals surface area contributed by atoms with Gasteiger partial charge in [0.15, 0.2) is 0 Å². The highest BCUT2D eigenvalue weighted by Crippen LogP contribution is 2.21. The van der Waals surface area contributed by atoms with Gasteiger partial charge in [-0.05, 0) is 30.2 Å². The molecule has 1 aromatic heterocycles. The molecule has 3 N–H and O–H groups in total. The van der Waals surface area contributed by atoms with E-state index >= 15 is 0 Å². The molecule has 0 aliphatic heterocycles. The second-order valence-electron chi connectivity index (χ2n) is 3.37. The average Bonchev–Trinajstić information content (AvgIpc) is 2.74. The zero-order valence-electron chi connectivity index (χ0n) is 8.24. The molecule has 2 rings (SSSR count). The van der Waals surface area contributed by atoms with Gasteiger partial charge in [0, 0.05) is 0 Å². The van der Waals surface area contributed by atoms with Gasteiger partial charge in [0.1, 0.15) is 11.5 Å². The summed E-state index contributed by atoms with van der Waals surface area (Å²) in [6.07, 6.45) is 1.54. The number of aromatic nitrogens is 3. The van der Waals surface area contributed by atoms with E-state index in [0.717, 1.165) is 11.1 Å². The first-order chi connectivity index (χ1) is 7.18. The lowest BCUT2D eigenvalue weighted by atomic mass is 10.00. The van der Waals surface area contributed by atoms with E-state index < -0.39 is 6.04 Å². The predicted octanol–water partition coefficient (Wildman–Crippen LogP) is 1.30. The average molecular weight is 206 g/mol. The van der Waals surface area contributed by atoms with Crippen LogP contribution < -0.4 is 5.73 Å². The Morgan fingerprint density at radius 1 is 1.47 bits per heavy atom. The third kappa shape index (κ3) is 1.87. The van der Waals surface area contributed by atoms with Gasteiger partial charge in [-0.1, -0.05) is 6.07 Å². The van der Waals surface area contributed by atoms with Crippen LogP contribution in [0.1, 0.15) is 22.9 Å². The van der Waals surface area contributed by atoms with Crippen molar-refractivity contribution in [3.8, 4) is 0 Å². The standard InChI is InChI=1S/C10H11FN4/c1-6-2-3-7(11)4-8(6)10(12)9-5-13-15-14-9/h2-5,10H,12H2,1H3,(H,13,14,15). The number of nitrogens with zero attached hydrogens (tertiary/aromatic N) is 2. The molecule has 0 saturated heterocycles. The van der Waals surface area contributed by atoms with Crippen LogP contribution in [0.3, 0.4) is 0 Å². The first kappa shape index (κ1) is 9.79. The Balaban J connectivity index is 2.41. The van der Waals surface area contributed by atoms with E-state index in [-0.39, 0.29) is 5.82 Å². The molecule has 2 aromatic rings. The van der Waals surface area contributed by atoms with Gasteiger partial charge in [0.2, 0.25) is 0 Å². The van der Waals surface area contributed by atoms with Crippen LogP contribution in [-0.4, -0.2) is 15.4 Å². The highest BCUT2D eigenvalue weighted by molar-refractivity contribution is 5.33. The highest BCUT2D eigenvalue weighted by atomic mass is 19.1. The van der Waals surface area contributed by atoms with Gasteiger partial charge in [-0.25, -0.2) is 4.39 Å². The summed E-state index contributed by atoms with van der Waals surface area (Å²) >= 11 is 0. The number of rotatable bonds is 2. The van der Waals surface area contributed by atoms with Crippen molar-refractivity contribution in [1.29, 1.82) is 0 Å². The maximum Gasteiger partial charge on any atom is 0.123 e. The molecule has 0 aliphatic rings. The van der Waals surface area contributed by atoms with Gasteiger partial charge in [0.05, 0.1) is 12.2 Å². The Kier molecular flexibility index (Phi) is 2.47. The van der Waals surface area contributed by atoms with Crippen molar-refractivity contribution in [2.75, 3.05) is 0 Å². The van der Waals surface area contributed by atoms with Crippen molar-refractivity contribution in [2.24, 2.45) is 5.73 Å². The quantitative estimate of drug-likeness (QED) is 0.778. The fraction of sp³-hybridized carbons (Fsp3) is 0.200. The molecule has 4 nitrogen and oxygen atoms in total. The van der Waals surface area contributed by atoms with E-state index in [1.54, 1.807) is 6.07 Å². The van der Waals surface area contributed by atoms with E-state index in [4.69, 9.17) is 5.73 Å². The summed E-state index contributed by atoms with van der Waals surface area (Å²) in [5, 5.41) is 10.0. The minimum atomic E-state index is -0.445. The molecule has 0 fully saturated rings. The summed E-state index contributed by atoms with van der Waals surface area (Å²) in [4.78, 5) is 0. The largest absolute Gasteiger partial charge is 0.319 e.